The van der Waals surface area contributed by atoms with Gasteiger partial charge in [0.1, 0.15) is 17.2 Å². The Kier molecular flexibility index (Phi) is 2.63. The Labute approximate surface area is 94.9 Å². The number of halogens is 1. The normalized spacial score (nSPS) is 10.3. The standard InChI is InChI=1S/C8H9BrN6/c1-10-6-4-11-3-5(12-6)7-8(9)13-14-15(7)2/h3-4H,1-2H3,(H,10,12). The van der Waals surface area contributed by atoms with Crippen LogP contribution in [-0.2, 0) is 7.05 Å². The number of nitrogens with zero attached hydrogens (tertiary/aromatic N) is 5. The largest absolute Gasteiger partial charge is 0.372 e. The molecule has 6 nitrogen and oxygen atoms in total. The zero-order valence-corrected chi connectivity index (χ0v) is 9.85. The van der Waals surface area contributed by atoms with E-state index in [4.69, 9.17) is 0 Å². The second kappa shape index (κ2) is 3.93. The van der Waals surface area contributed by atoms with Crippen LogP contribution in [0, 0.1) is 0 Å². The molecular weight excluding hydrogens is 260 g/mol. The van der Waals surface area contributed by atoms with E-state index >= 15 is 0 Å². The molecule has 0 bridgehead atoms. The fourth-order valence-electron chi connectivity index (χ4n) is 1.20. The summed E-state index contributed by atoms with van der Waals surface area (Å²) >= 11 is 3.32. The van der Waals surface area contributed by atoms with Gasteiger partial charge in [-0.15, -0.1) is 5.10 Å². The fraction of sp³-hybridized carbons (Fsp3) is 0.250. The molecule has 78 valence electrons. The Morgan fingerprint density at radius 1 is 1.40 bits per heavy atom. The van der Waals surface area contributed by atoms with Gasteiger partial charge in [0.2, 0.25) is 0 Å². The third-order valence-corrected chi connectivity index (χ3v) is 2.45. The second-order valence-corrected chi connectivity index (χ2v) is 3.64. The molecular formula is C8H9BrN6. The third kappa shape index (κ3) is 1.82. The van der Waals surface area contributed by atoms with E-state index in [1.807, 2.05) is 0 Å². The summed E-state index contributed by atoms with van der Waals surface area (Å²) in [5.41, 5.74) is 1.53. The fourth-order valence-corrected chi connectivity index (χ4v) is 1.73. The van der Waals surface area contributed by atoms with Gasteiger partial charge in [0.25, 0.3) is 0 Å². The number of anilines is 1. The minimum atomic E-state index is 0.660. The van der Waals surface area contributed by atoms with E-state index in [1.54, 1.807) is 31.2 Å². The van der Waals surface area contributed by atoms with Crippen LogP contribution in [0.3, 0.4) is 0 Å². The van der Waals surface area contributed by atoms with Gasteiger partial charge in [0.15, 0.2) is 4.60 Å². The number of nitrogens with one attached hydrogen (secondary N) is 1. The first-order valence-electron chi connectivity index (χ1n) is 4.27. The SMILES string of the molecule is CNc1cncc(-c2c(Br)nnn2C)n1. The van der Waals surface area contributed by atoms with Crippen LogP contribution in [-0.4, -0.2) is 32.0 Å². The summed E-state index contributed by atoms with van der Waals surface area (Å²) in [4.78, 5) is 8.43. The number of aryl methyl sites for hydroxylation is 1. The third-order valence-electron chi connectivity index (χ3n) is 1.92. The van der Waals surface area contributed by atoms with Crippen molar-refractivity contribution in [2.75, 3.05) is 12.4 Å². The molecule has 1 N–H and O–H groups in total. The highest BCUT2D eigenvalue weighted by Crippen LogP contribution is 2.23. The number of hydrogen-bond donors (Lipinski definition) is 1. The van der Waals surface area contributed by atoms with E-state index < -0.39 is 0 Å². The molecule has 0 fully saturated rings. The maximum absolute atomic E-state index is 4.35. The van der Waals surface area contributed by atoms with Crippen LogP contribution in [0.1, 0.15) is 0 Å². The average Bonchev–Trinajstić information content (AvgIpc) is 2.59. The van der Waals surface area contributed by atoms with Crippen LogP contribution < -0.4 is 5.32 Å². The number of aromatic nitrogens is 5. The molecule has 15 heavy (non-hydrogen) atoms. The van der Waals surface area contributed by atoms with Crippen molar-refractivity contribution in [2.24, 2.45) is 7.05 Å². The molecule has 0 saturated carbocycles. The van der Waals surface area contributed by atoms with Crippen molar-refractivity contribution in [3.63, 3.8) is 0 Å². The molecule has 0 aliphatic heterocycles. The summed E-state index contributed by atoms with van der Waals surface area (Å²) in [6.07, 6.45) is 3.32. The first-order valence-corrected chi connectivity index (χ1v) is 5.07. The zero-order chi connectivity index (χ0) is 10.8. The minimum Gasteiger partial charge on any atom is -0.372 e. The molecule has 0 radical (unpaired) electrons. The lowest BCUT2D eigenvalue weighted by atomic mass is 10.3. The highest BCUT2D eigenvalue weighted by molar-refractivity contribution is 9.10. The van der Waals surface area contributed by atoms with Gasteiger partial charge in [-0.05, 0) is 15.9 Å². The lowest BCUT2D eigenvalue weighted by molar-refractivity contribution is 0.718. The molecule has 2 aromatic rings. The quantitative estimate of drug-likeness (QED) is 0.883. The Bertz CT molecular complexity index is 460. The molecule has 2 rings (SSSR count). The predicted molar refractivity (Wildman–Crippen MR) is 59.3 cm³/mol. The lowest BCUT2D eigenvalue weighted by Gasteiger charge is -2.02. The minimum absolute atomic E-state index is 0.660. The van der Waals surface area contributed by atoms with Crippen molar-refractivity contribution in [3.8, 4) is 11.4 Å². The van der Waals surface area contributed by atoms with Gasteiger partial charge >= 0.3 is 0 Å². The van der Waals surface area contributed by atoms with Crippen LogP contribution in [0.4, 0.5) is 5.82 Å². The number of rotatable bonds is 2. The van der Waals surface area contributed by atoms with Gasteiger partial charge < -0.3 is 5.32 Å². The topological polar surface area (TPSA) is 68.5 Å². The molecule has 0 unspecified atom stereocenters. The van der Waals surface area contributed by atoms with Crippen LogP contribution in [0.2, 0.25) is 0 Å². The predicted octanol–water partition coefficient (Wildman–Crippen LogP) is 1.08. The van der Waals surface area contributed by atoms with Gasteiger partial charge in [-0.1, -0.05) is 5.21 Å². The van der Waals surface area contributed by atoms with Crippen molar-refractivity contribution in [2.45, 2.75) is 0 Å². The van der Waals surface area contributed by atoms with Crippen molar-refractivity contribution in [1.82, 2.24) is 25.0 Å². The Balaban J connectivity index is 2.53. The smallest absolute Gasteiger partial charge is 0.157 e. The summed E-state index contributed by atoms with van der Waals surface area (Å²) in [6, 6.07) is 0. The van der Waals surface area contributed by atoms with Crippen LogP contribution in [0.5, 0.6) is 0 Å². The first-order chi connectivity index (χ1) is 7.22. The van der Waals surface area contributed by atoms with E-state index in [1.165, 1.54) is 0 Å². The summed E-state index contributed by atoms with van der Waals surface area (Å²) in [7, 11) is 3.60. The van der Waals surface area contributed by atoms with Gasteiger partial charge in [-0.3, -0.25) is 4.98 Å². The van der Waals surface area contributed by atoms with Crippen LogP contribution in [0.25, 0.3) is 11.4 Å². The maximum Gasteiger partial charge on any atom is 0.157 e. The van der Waals surface area contributed by atoms with E-state index in [0.717, 1.165) is 11.4 Å². The van der Waals surface area contributed by atoms with Crippen molar-refractivity contribution in [1.29, 1.82) is 0 Å². The molecule has 0 amide bonds. The summed E-state index contributed by atoms with van der Waals surface area (Å²) in [6.45, 7) is 0. The molecule has 0 aromatic carbocycles. The molecule has 0 aliphatic rings. The molecule has 0 spiro atoms. The van der Waals surface area contributed by atoms with Crippen LogP contribution >= 0.6 is 15.9 Å². The number of hydrogen-bond acceptors (Lipinski definition) is 5. The summed E-state index contributed by atoms with van der Waals surface area (Å²) in [5.74, 6) is 0.709. The van der Waals surface area contributed by atoms with Crippen LogP contribution in [0.15, 0.2) is 17.0 Å². The molecule has 0 saturated heterocycles. The molecule has 2 aromatic heterocycles. The van der Waals surface area contributed by atoms with E-state index in [-0.39, 0.29) is 0 Å². The van der Waals surface area contributed by atoms with E-state index in [2.05, 4.69) is 41.5 Å². The second-order valence-electron chi connectivity index (χ2n) is 2.89. The molecule has 7 heteroatoms. The Morgan fingerprint density at radius 2 is 2.20 bits per heavy atom. The van der Waals surface area contributed by atoms with Gasteiger partial charge in [0.05, 0.1) is 12.4 Å². The molecule has 0 atom stereocenters. The Morgan fingerprint density at radius 3 is 2.80 bits per heavy atom. The molecule has 0 aliphatic carbocycles. The van der Waals surface area contributed by atoms with Gasteiger partial charge in [0, 0.05) is 14.1 Å². The van der Waals surface area contributed by atoms with Gasteiger partial charge in [-0.25, -0.2) is 9.67 Å². The van der Waals surface area contributed by atoms with Crippen molar-refractivity contribution in [3.05, 3.63) is 17.0 Å². The molecule has 2 heterocycles. The van der Waals surface area contributed by atoms with Gasteiger partial charge in [-0.2, -0.15) is 0 Å². The highest BCUT2D eigenvalue weighted by Gasteiger charge is 2.12. The highest BCUT2D eigenvalue weighted by atomic mass is 79.9. The summed E-state index contributed by atoms with van der Waals surface area (Å²) < 4.78 is 2.31. The maximum atomic E-state index is 4.35. The van der Waals surface area contributed by atoms with E-state index in [0.29, 0.717) is 10.4 Å². The van der Waals surface area contributed by atoms with Crippen molar-refractivity contribution < 1.29 is 0 Å². The average molecular weight is 269 g/mol. The monoisotopic (exact) mass is 268 g/mol. The first kappa shape index (κ1) is 10.0. The zero-order valence-electron chi connectivity index (χ0n) is 8.27. The Hall–Kier alpha value is -1.50. The van der Waals surface area contributed by atoms with E-state index in [9.17, 15) is 0 Å². The van der Waals surface area contributed by atoms with Crippen molar-refractivity contribution >= 4 is 21.7 Å². The summed E-state index contributed by atoms with van der Waals surface area (Å²) in [5, 5.41) is 10.7. The lowest BCUT2D eigenvalue weighted by Crippen LogP contribution is -1.99.